The van der Waals surface area contributed by atoms with Gasteiger partial charge in [0.25, 0.3) is 0 Å². The molecule has 0 fully saturated rings. The fraction of sp³-hybridized carbons (Fsp3) is 0.333. The molecule has 0 bridgehead atoms. The second-order valence-corrected chi connectivity index (χ2v) is 4.45. The fourth-order valence-electron chi connectivity index (χ4n) is 1.91. The maximum atomic E-state index is 14.0. The van der Waals surface area contributed by atoms with E-state index >= 15 is 0 Å². The molecule has 5 heteroatoms. The quantitative estimate of drug-likeness (QED) is 0.871. The number of carboxylic acids is 1. The summed E-state index contributed by atoms with van der Waals surface area (Å²) in [5, 5.41) is 13.6. The van der Waals surface area contributed by atoms with E-state index in [0.29, 0.717) is 10.9 Å². The van der Waals surface area contributed by atoms with Gasteiger partial charge in [0.2, 0.25) is 0 Å². The number of aromatic nitrogens is 2. The molecule has 0 saturated carbocycles. The number of aromatic carboxylic acids is 1. The minimum Gasteiger partial charge on any atom is -0.478 e. The molecule has 1 N–H and O–H groups in total. The van der Waals surface area contributed by atoms with Crippen molar-refractivity contribution in [3.63, 3.8) is 0 Å². The van der Waals surface area contributed by atoms with Crippen LogP contribution in [0.15, 0.2) is 18.2 Å². The Labute approximate surface area is 97.7 Å². The Bertz CT molecular complexity index is 596. The summed E-state index contributed by atoms with van der Waals surface area (Å²) in [6, 6.07) is 4.81. The molecule has 1 heterocycles. The van der Waals surface area contributed by atoms with Crippen LogP contribution in [0.25, 0.3) is 10.9 Å². The maximum absolute atomic E-state index is 14.0. The zero-order valence-electron chi connectivity index (χ0n) is 9.86. The van der Waals surface area contributed by atoms with E-state index < -0.39 is 11.6 Å². The standard InChI is InChI=1S/C12H13FN2O2/c1-12(2,13)10-9-7(11(16)17)5-4-6-8(9)15(3)14-10/h4-6H,1-3H3,(H,16,17). The lowest BCUT2D eigenvalue weighted by molar-refractivity contribution is 0.0699. The fourth-order valence-corrected chi connectivity index (χ4v) is 1.91. The van der Waals surface area contributed by atoms with Gasteiger partial charge in [-0.3, -0.25) is 4.68 Å². The molecule has 0 radical (unpaired) electrons. The molecule has 90 valence electrons. The van der Waals surface area contributed by atoms with Crippen LogP contribution in [0.4, 0.5) is 4.39 Å². The Morgan fingerprint density at radius 1 is 1.47 bits per heavy atom. The smallest absolute Gasteiger partial charge is 0.336 e. The molecule has 2 rings (SSSR count). The van der Waals surface area contributed by atoms with Gasteiger partial charge in [-0.25, -0.2) is 9.18 Å². The minimum absolute atomic E-state index is 0.0799. The Balaban J connectivity index is 2.91. The third-order valence-corrected chi connectivity index (χ3v) is 2.67. The molecule has 0 spiro atoms. The first-order valence-electron chi connectivity index (χ1n) is 5.21. The summed E-state index contributed by atoms with van der Waals surface area (Å²) in [4.78, 5) is 11.1. The van der Waals surface area contributed by atoms with Crippen molar-refractivity contribution in [1.29, 1.82) is 0 Å². The van der Waals surface area contributed by atoms with Gasteiger partial charge in [0, 0.05) is 12.4 Å². The molecule has 0 amide bonds. The van der Waals surface area contributed by atoms with E-state index in [0.717, 1.165) is 0 Å². The highest BCUT2D eigenvalue weighted by Crippen LogP contribution is 2.32. The van der Waals surface area contributed by atoms with E-state index in [4.69, 9.17) is 5.11 Å². The summed E-state index contributed by atoms with van der Waals surface area (Å²) in [5.41, 5.74) is -0.819. The molecule has 0 unspecified atom stereocenters. The third-order valence-electron chi connectivity index (χ3n) is 2.67. The van der Waals surface area contributed by atoms with Crippen molar-refractivity contribution in [2.75, 3.05) is 0 Å². The number of carbonyl (C=O) groups is 1. The van der Waals surface area contributed by atoms with Crippen LogP contribution in [0.3, 0.4) is 0 Å². The Kier molecular flexibility index (Phi) is 2.41. The van der Waals surface area contributed by atoms with E-state index in [1.165, 1.54) is 24.6 Å². The number of alkyl halides is 1. The van der Waals surface area contributed by atoms with Crippen LogP contribution in [-0.2, 0) is 12.7 Å². The second-order valence-electron chi connectivity index (χ2n) is 4.45. The largest absolute Gasteiger partial charge is 0.478 e. The van der Waals surface area contributed by atoms with Gasteiger partial charge in [0.05, 0.1) is 11.1 Å². The van der Waals surface area contributed by atoms with Gasteiger partial charge in [0.15, 0.2) is 0 Å². The summed E-state index contributed by atoms with van der Waals surface area (Å²) < 4.78 is 15.5. The zero-order chi connectivity index (χ0) is 12.8. The molecular weight excluding hydrogens is 223 g/mol. The Hall–Kier alpha value is -1.91. The number of benzene rings is 1. The normalized spacial score (nSPS) is 12.0. The molecule has 0 atom stereocenters. The van der Waals surface area contributed by atoms with Gasteiger partial charge in [0.1, 0.15) is 11.4 Å². The zero-order valence-corrected chi connectivity index (χ0v) is 9.86. The predicted octanol–water partition coefficient (Wildman–Crippen LogP) is 2.48. The van der Waals surface area contributed by atoms with Gasteiger partial charge in [-0.05, 0) is 26.0 Å². The van der Waals surface area contributed by atoms with Crippen LogP contribution in [0.2, 0.25) is 0 Å². The second kappa shape index (κ2) is 3.55. The van der Waals surface area contributed by atoms with Crippen molar-refractivity contribution in [3.8, 4) is 0 Å². The molecule has 1 aromatic heterocycles. The Morgan fingerprint density at radius 3 is 2.65 bits per heavy atom. The number of aryl methyl sites for hydroxylation is 1. The number of hydrogen-bond acceptors (Lipinski definition) is 2. The number of halogens is 1. The number of fused-ring (bicyclic) bond motifs is 1. The third kappa shape index (κ3) is 1.77. The lowest BCUT2D eigenvalue weighted by atomic mass is 9.99. The van der Waals surface area contributed by atoms with Crippen LogP contribution in [-0.4, -0.2) is 20.9 Å². The first-order valence-corrected chi connectivity index (χ1v) is 5.21. The number of hydrogen-bond donors (Lipinski definition) is 1. The summed E-state index contributed by atoms with van der Waals surface area (Å²) in [6.45, 7) is 2.74. The molecule has 2 aromatic rings. The van der Waals surface area contributed by atoms with Crippen molar-refractivity contribution in [1.82, 2.24) is 9.78 Å². The summed E-state index contributed by atoms with van der Waals surface area (Å²) >= 11 is 0. The lowest BCUT2D eigenvalue weighted by Crippen LogP contribution is -2.12. The lowest BCUT2D eigenvalue weighted by Gasteiger charge is -2.11. The van der Waals surface area contributed by atoms with Gasteiger partial charge < -0.3 is 5.11 Å². The summed E-state index contributed by atoms with van der Waals surface area (Å²) in [6.07, 6.45) is 0. The van der Waals surface area contributed by atoms with Gasteiger partial charge >= 0.3 is 5.97 Å². The van der Waals surface area contributed by atoms with Crippen molar-refractivity contribution in [3.05, 3.63) is 29.5 Å². The Morgan fingerprint density at radius 2 is 2.12 bits per heavy atom. The van der Waals surface area contributed by atoms with E-state index in [1.54, 1.807) is 19.2 Å². The number of carboxylic acid groups (broad SMARTS) is 1. The van der Waals surface area contributed by atoms with Gasteiger partial charge in [-0.15, -0.1) is 0 Å². The molecule has 0 aliphatic heterocycles. The number of nitrogens with zero attached hydrogens (tertiary/aromatic N) is 2. The van der Waals surface area contributed by atoms with E-state index in [1.807, 2.05) is 0 Å². The van der Waals surface area contributed by atoms with Crippen LogP contribution < -0.4 is 0 Å². The highest BCUT2D eigenvalue weighted by Gasteiger charge is 2.28. The van der Waals surface area contributed by atoms with Crippen molar-refractivity contribution < 1.29 is 14.3 Å². The maximum Gasteiger partial charge on any atom is 0.336 e. The molecular formula is C12H13FN2O2. The molecule has 4 nitrogen and oxygen atoms in total. The van der Waals surface area contributed by atoms with E-state index in [9.17, 15) is 9.18 Å². The number of rotatable bonds is 2. The SMILES string of the molecule is Cn1nc(C(C)(C)F)c2c(C(=O)O)cccc21. The van der Waals surface area contributed by atoms with Crippen molar-refractivity contribution >= 4 is 16.9 Å². The molecule has 0 aliphatic rings. The van der Waals surface area contributed by atoms with E-state index in [-0.39, 0.29) is 11.3 Å². The predicted molar refractivity (Wildman–Crippen MR) is 61.8 cm³/mol. The average molecular weight is 236 g/mol. The molecule has 0 aliphatic carbocycles. The highest BCUT2D eigenvalue weighted by molar-refractivity contribution is 6.04. The van der Waals surface area contributed by atoms with Gasteiger partial charge in [-0.1, -0.05) is 6.07 Å². The van der Waals surface area contributed by atoms with Crippen LogP contribution in [0.5, 0.6) is 0 Å². The first kappa shape index (κ1) is 11.6. The molecule has 0 saturated heterocycles. The highest BCUT2D eigenvalue weighted by atomic mass is 19.1. The molecule has 17 heavy (non-hydrogen) atoms. The van der Waals surface area contributed by atoms with Crippen molar-refractivity contribution in [2.45, 2.75) is 19.5 Å². The van der Waals surface area contributed by atoms with E-state index in [2.05, 4.69) is 5.10 Å². The summed E-state index contributed by atoms with van der Waals surface area (Å²) in [7, 11) is 1.67. The topological polar surface area (TPSA) is 55.1 Å². The average Bonchev–Trinajstić information content (AvgIpc) is 2.56. The van der Waals surface area contributed by atoms with Gasteiger partial charge in [-0.2, -0.15) is 5.10 Å². The monoisotopic (exact) mass is 236 g/mol. The minimum atomic E-state index is -1.68. The van der Waals surface area contributed by atoms with Crippen molar-refractivity contribution in [2.24, 2.45) is 7.05 Å². The first-order chi connectivity index (χ1) is 7.82. The van der Waals surface area contributed by atoms with Crippen LogP contribution in [0.1, 0.15) is 29.9 Å². The van der Waals surface area contributed by atoms with Crippen LogP contribution >= 0.6 is 0 Å². The molecule has 1 aromatic carbocycles. The summed E-state index contributed by atoms with van der Waals surface area (Å²) in [5.74, 6) is -1.07. The van der Waals surface area contributed by atoms with Crippen LogP contribution in [0, 0.1) is 0 Å².